The summed E-state index contributed by atoms with van der Waals surface area (Å²) < 4.78 is 0. The maximum Gasteiger partial charge on any atom is 0.229 e. The topological polar surface area (TPSA) is 49.4 Å². The Labute approximate surface area is 96.4 Å². The van der Waals surface area contributed by atoms with Gasteiger partial charge >= 0.3 is 0 Å². The van der Waals surface area contributed by atoms with Crippen molar-refractivity contribution in [2.24, 2.45) is 11.8 Å². The summed E-state index contributed by atoms with van der Waals surface area (Å²) in [7, 11) is 0. The summed E-state index contributed by atoms with van der Waals surface area (Å²) in [5.41, 5.74) is 0. The van der Waals surface area contributed by atoms with E-state index in [1.54, 1.807) is 0 Å². The minimum atomic E-state index is 0.0229. The molecule has 1 N–H and O–H groups in total. The molecule has 2 amide bonds. The van der Waals surface area contributed by atoms with Crippen LogP contribution in [0.15, 0.2) is 0 Å². The third-order valence-electron chi connectivity index (χ3n) is 3.57. The van der Waals surface area contributed by atoms with Gasteiger partial charge in [-0.2, -0.15) is 0 Å². The molecule has 2 rings (SSSR count). The van der Waals surface area contributed by atoms with E-state index in [1.165, 1.54) is 11.3 Å². The van der Waals surface area contributed by atoms with Crippen molar-refractivity contribution in [1.29, 1.82) is 0 Å². The molecule has 0 aromatic rings. The Hall–Kier alpha value is -0.900. The van der Waals surface area contributed by atoms with Gasteiger partial charge in [0.2, 0.25) is 11.8 Å². The van der Waals surface area contributed by atoms with Crippen molar-refractivity contribution in [2.75, 3.05) is 19.6 Å². The van der Waals surface area contributed by atoms with Crippen molar-refractivity contribution in [2.45, 2.75) is 32.6 Å². The summed E-state index contributed by atoms with van der Waals surface area (Å²) in [5, 5.41) is 3.30. The van der Waals surface area contributed by atoms with Crippen molar-refractivity contribution in [3.05, 3.63) is 0 Å². The third-order valence-corrected chi connectivity index (χ3v) is 3.57. The predicted octanol–water partition coefficient (Wildman–Crippen LogP) is 0.771. The van der Waals surface area contributed by atoms with Crippen molar-refractivity contribution in [1.82, 2.24) is 10.2 Å². The van der Waals surface area contributed by atoms with Crippen molar-refractivity contribution in [3.8, 4) is 0 Å². The Morgan fingerprint density at radius 1 is 1.31 bits per heavy atom. The van der Waals surface area contributed by atoms with Crippen LogP contribution < -0.4 is 5.32 Å². The van der Waals surface area contributed by atoms with Gasteiger partial charge in [-0.1, -0.05) is 6.92 Å². The van der Waals surface area contributed by atoms with Gasteiger partial charge in [-0.3, -0.25) is 14.5 Å². The Kier molecular flexibility index (Phi) is 3.59. The van der Waals surface area contributed by atoms with Crippen molar-refractivity contribution in [3.63, 3.8) is 0 Å². The zero-order valence-electron chi connectivity index (χ0n) is 9.87. The van der Waals surface area contributed by atoms with E-state index in [0.29, 0.717) is 25.3 Å². The first-order valence-electron chi connectivity index (χ1n) is 6.20. The zero-order chi connectivity index (χ0) is 11.5. The summed E-state index contributed by atoms with van der Waals surface area (Å²) in [6.07, 6.45) is 3.20. The summed E-state index contributed by atoms with van der Waals surface area (Å²) in [5.74, 6) is 0.911. The Morgan fingerprint density at radius 2 is 2.00 bits per heavy atom. The standard InChI is InChI=1S/C12H20N2O2/c1-9-6-11(15)14(12(16)7-9)5-3-10-2-4-13-8-10/h9-10,13H,2-8H2,1H3. The van der Waals surface area contributed by atoms with E-state index in [2.05, 4.69) is 5.32 Å². The zero-order valence-corrected chi connectivity index (χ0v) is 9.87. The number of imide groups is 1. The average Bonchev–Trinajstić information content (AvgIpc) is 2.68. The molecule has 4 nitrogen and oxygen atoms in total. The molecule has 0 radical (unpaired) electrons. The van der Waals surface area contributed by atoms with E-state index < -0.39 is 0 Å². The fourth-order valence-electron chi connectivity index (χ4n) is 2.55. The molecule has 16 heavy (non-hydrogen) atoms. The SMILES string of the molecule is CC1CC(=O)N(CCC2CCNC2)C(=O)C1. The molecule has 2 heterocycles. The summed E-state index contributed by atoms with van der Waals surface area (Å²) in [6.45, 7) is 4.70. The number of carbonyl (C=O) groups excluding carboxylic acids is 2. The molecular weight excluding hydrogens is 204 g/mol. The first kappa shape index (κ1) is 11.6. The highest BCUT2D eigenvalue weighted by Gasteiger charge is 2.30. The van der Waals surface area contributed by atoms with Crippen LogP contribution in [0.1, 0.15) is 32.6 Å². The average molecular weight is 224 g/mol. The number of likely N-dealkylation sites (tertiary alicyclic amines) is 1. The van der Waals surface area contributed by atoms with Crippen LogP contribution in [0.5, 0.6) is 0 Å². The van der Waals surface area contributed by atoms with Crippen LogP contribution in [-0.4, -0.2) is 36.3 Å². The lowest BCUT2D eigenvalue weighted by Crippen LogP contribution is -2.43. The highest BCUT2D eigenvalue weighted by molar-refractivity contribution is 5.97. The van der Waals surface area contributed by atoms with Gasteiger partial charge in [0, 0.05) is 19.4 Å². The van der Waals surface area contributed by atoms with E-state index in [4.69, 9.17) is 0 Å². The highest BCUT2D eigenvalue weighted by atomic mass is 16.2. The van der Waals surface area contributed by atoms with Crippen LogP contribution in [0.2, 0.25) is 0 Å². The van der Waals surface area contributed by atoms with Gasteiger partial charge in [0.25, 0.3) is 0 Å². The third kappa shape index (κ3) is 2.61. The van der Waals surface area contributed by atoms with E-state index in [-0.39, 0.29) is 17.7 Å². The lowest BCUT2D eigenvalue weighted by atomic mass is 9.96. The monoisotopic (exact) mass is 224 g/mol. The molecule has 1 unspecified atom stereocenters. The highest BCUT2D eigenvalue weighted by Crippen LogP contribution is 2.20. The van der Waals surface area contributed by atoms with Crippen LogP contribution in [0.25, 0.3) is 0 Å². The van der Waals surface area contributed by atoms with Crippen LogP contribution in [0.4, 0.5) is 0 Å². The number of amides is 2. The van der Waals surface area contributed by atoms with E-state index in [1.807, 2.05) is 6.92 Å². The molecule has 0 aromatic heterocycles. The second-order valence-corrected chi connectivity index (χ2v) is 5.10. The number of nitrogens with one attached hydrogen (secondary N) is 1. The fraction of sp³-hybridized carbons (Fsp3) is 0.833. The minimum absolute atomic E-state index is 0.0229. The molecule has 1 atom stereocenters. The summed E-state index contributed by atoms with van der Waals surface area (Å²) in [4.78, 5) is 24.9. The molecule has 0 aliphatic carbocycles. The Balaban J connectivity index is 1.83. The quantitative estimate of drug-likeness (QED) is 0.720. The maximum atomic E-state index is 11.7. The molecule has 0 spiro atoms. The van der Waals surface area contributed by atoms with Gasteiger partial charge in [-0.25, -0.2) is 0 Å². The van der Waals surface area contributed by atoms with Crippen molar-refractivity contribution < 1.29 is 9.59 Å². The molecule has 0 aromatic carbocycles. The number of hydrogen-bond donors (Lipinski definition) is 1. The lowest BCUT2D eigenvalue weighted by molar-refractivity contribution is -0.149. The minimum Gasteiger partial charge on any atom is -0.316 e. The fourth-order valence-corrected chi connectivity index (χ4v) is 2.55. The largest absolute Gasteiger partial charge is 0.316 e. The number of piperidine rings is 1. The number of nitrogens with zero attached hydrogens (tertiary/aromatic N) is 1. The van der Waals surface area contributed by atoms with Gasteiger partial charge in [0.1, 0.15) is 0 Å². The second-order valence-electron chi connectivity index (χ2n) is 5.10. The molecule has 90 valence electrons. The van der Waals surface area contributed by atoms with Crippen molar-refractivity contribution >= 4 is 11.8 Å². The van der Waals surface area contributed by atoms with Gasteiger partial charge in [0.05, 0.1) is 0 Å². The smallest absolute Gasteiger partial charge is 0.229 e. The normalized spacial score (nSPS) is 27.8. The molecule has 2 saturated heterocycles. The molecule has 4 heteroatoms. The maximum absolute atomic E-state index is 11.7. The Bertz CT molecular complexity index is 267. The molecule has 0 saturated carbocycles. The van der Waals surface area contributed by atoms with E-state index in [9.17, 15) is 9.59 Å². The van der Waals surface area contributed by atoms with E-state index >= 15 is 0 Å². The second kappa shape index (κ2) is 4.95. The Morgan fingerprint density at radius 3 is 2.56 bits per heavy atom. The molecule has 2 aliphatic heterocycles. The van der Waals surface area contributed by atoms with Crippen LogP contribution in [-0.2, 0) is 9.59 Å². The first-order chi connectivity index (χ1) is 7.66. The number of rotatable bonds is 3. The lowest BCUT2D eigenvalue weighted by Gasteiger charge is -2.28. The van der Waals surface area contributed by atoms with Crippen LogP contribution in [0, 0.1) is 11.8 Å². The van der Waals surface area contributed by atoms with Gasteiger partial charge in [-0.15, -0.1) is 0 Å². The van der Waals surface area contributed by atoms with Gasteiger partial charge in [0.15, 0.2) is 0 Å². The van der Waals surface area contributed by atoms with E-state index in [0.717, 1.165) is 19.5 Å². The van der Waals surface area contributed by atoms with Crippen LogP contribution >= 0.6 is 0 Å². The predicted molar refractivity (Wildman–Crippen MR) is 60.7 cm³/mol. The molecule has 0 bridgehead atoms. The van der Waals surface area contributed by atoms with Gasteiger partial charge in [-0.05, 0) is 37.8 Å². The summed E-state index contributed by atoms with van der Waals surface area (Å²) in [6, 6.07) is 0. The summed E-state index contributed by atoms with van der Waals surface area (Å²) >= 11 is 0. The number of carbonyl (C=O) groups is 2. The van der Waals surface area contributed by atoms with Crippen LogP contribution in [0.3, 0.4) is 0 Å². The first-order valence-corrected chi connectivity index (χ1v) is 6.20. The molecule has 2 aliphatic rings. The van der Waals surface area contributed by atoms with Gasteiger partial charge < -0.3 is 5.32 Å². The molecular formula is C12H20N2O2. The number of hydrogen-bond acceptors (Lipinski definition) is 3. The molecule has 2 fully saturated rings.